The van der Waals surface area contributed by atoms with Crippen LogP contribution in [-0.2, 0) is 13.2 Å². The molecule has 4 rings (SSSR count). The summed E-state index contributed by atoms with van der Waals surface area (Å²) in [5.41, 5.74) is 5.79. The number of ether oxygens (including phenoxy) is 2. The van der Waals surface area contributed by atoms with Gasteiger partial charge in [-0.3, -0.25) is 0 Å². The maximum Gasteiger partial charge on any atom is 0.148 e. The Hall–Kier alpha value is -3.27. The Morgan fingerprint density at radius 2 is 1.60 bits per heavy atom. The van der Waals surface area contributed by atoms with Crippen molar-refractivity contribution in [2.75, 3.05) is 6.61 Å². The van der Waals surface area contributed by atoms with Crippen molar-refractivity contribution in [2.45, 2.75) is 40.3 Å². The molecule has 4 aromatic rings. The van der Waals surface area contributed by atoms with Crippen molar-refractivity contribution < 1.29 is 9.47 Å². The number of hydrogen-bond donors (Lipinski definition) is 0. The van der Waals surface area contributed by atoms with E-state index in [1.54, 1.807) is 0 Å². The molecular weight excluding hydrogens is 372 g/mol. The molecule has 0 amide bonds. The maximum atomic E-state index is 6.08. The van der Waals surface area contributed by atoms with Crippen molar-refractivity contribution in [1.82, 2.24) is 9.55 Å². The third-order valence-corrected chi connectivity index (χ3v) is 5.46. The van der Waals surface area contributed by atoms with Crippen LogP contribution in [0, 0.1) is 20.8 Å². The molecule has 0 fully saturated rings. The van der Waals surface area contributed by atoms with Crippen LogP contribution in [0.15, 0.2) is 66.7 Å². The Morgan fingerprint density at radius 3 is 2.43 bits per heavy atom. The molecule has 0 aliphatic rings. The van der Waals surface area contributed by atoms with E-state index in [1.807, 2.05) is 30.3 Å². The van der Waals surface area contributed by atoms with Gasteiger partial charge in [-0.15, -0.1) is 0 Å². The first-order valence-corrected chi connectivity index (χ1v) is 10.4. The van der Waals surface area contributed by atoms with E-state index in [9.17, 15) is 0 Å². The Kier molecular flexibility index (Phi) is 6.03. The molecule has 0 aliphatic carbocycles. The zero-order valence-electron chi connectivity index (χ0n) is 17.9. The average Bonchev–Trinajstić information content (AvgIpc) is 3.10. The van der Waals surface area contributed by atoms with Crippen molar-refractivity contribution in [2.24, 2.45) is 0 Å². The van der Waals surface area contributed by atoms with Crippen molar-refractivity contribution in [3.8, 4) is 11.5 Å². The van der Waals surface area contributed by atoms with Gasteiger partial charge < -0.3 is 14.0 Å². The van der Waals surface area contributed by atoms with Crippen LogP contribution in [0.1, 0.15) is 28.9 Å². The summed E-state index contributed by atoms with van der Waals surface area (Å²) in [4.78, 5) is 4.81. The highest BCUT2D eigenvalue weighted by Crippen LogP contribution is 2.21. The predicted molar refractivity (Wildman–Crippen MR) is 121 cm³/mol. The lowest BCUT2D eigenvalue weighted by atomic mass is 10.1. The molecule has 0 saturated heterocycles. The topological polar surface area (TPSA) is 36.3 Å². The fraction of sp³-hybridized carbons (Fsp3) is 0.269. The molecular formula is C26H28N2O2. The zero-order chi connectivity index (χ0) is 20.9. The van der Waals surface area contributed by atoms with E-state index >= 15 is 0 Å². The maximum absolute atomic E-state index is 6.08. The number of aryl methyl sites for hydroxylation is 4. The minimum Gasteiger partial charge on any atom is -0.494 e. The molecule has 1 aromatic heterocycles. The number of benzene rings is 3. The standard InChI is InChI=1S/C26H28N2O2/c1-19-13-14-22(17-21(19)3)29-16-8-15-28-24-11-6-5-10-23(24)27-26(28)18-30-25-12-7-4-9-20(25)2/h4-7,9-14,17H,8,15-16,18H2,1-3H3. The van der Waals surface area contributed by atoms with Gasteiger partial charge in [0.1, 0.15) is 23.9 Å². The van der Waals surface area contributed by atoms with E-state index in [0.29, 0.717) is 13.2 Å². The average molecular weight is 401 g/mol. The zero-order valence-corrected chi connectivity index (χ0v) is 17.9. The van der Waals surface area contributed by atoms with E-state index in [-0.39, 0.29) is 0 Å². The van der Waals surface area contributed by atoms with E-state index in [2.05, 4.69) is 61.7 Å². The lowest BCUT2D eigenvalue weighted by Gasteiger charge is -2.12. The van der Waals surface area contributed by atoms with Gasteiger partial charge in [-0.25, -0.2) is 4.98 Å². The lowest BCUT2D eigenvalue weighted by Crippen LogP contribution is -2.10. The van der Waals surface area contributed by atoms with Crippen LogP contribution < -0.4 is 9.47 Å². The molecule has 0 aliphatic heterocycles. The Bertz CT molecular complexity index is 1150. The number of nitrogens with zero attached hydrogens (tertiary/aromatic N) is 2. The largest absolute Gasteiger partial charge is 0.494 e. The van der Waals surface area contributed by atoms with E-state index < -0.39 is 0 Å². The number of para-hydroxylation sites is 3. The number of aromatic nitrogens is 2. The molecule has 0 spiro atoms. The van der Waals surface area contributed by atoms with E-state index in [0.717, 1.165) is 46.9 Å². The molecule has 4 heteroatoms. The van der Waals surface area contributed by atoms with Crippen molar-refractivity contribution in [1.29, 1.82) is 0 Å². The smallest absolute Gasteiger partial charge is 0.148 e. The van der Waals surface area contributed by atoms with E-state index in [1.165, 1.54) is 11.1 Å². The Morgan fingerprint density at radius 1 is 0.800 bits per heavy atom. The first kappa shape index (κ1) is 20.0. The first-order valence-electron chi connectivity index (χ1n) is 10.4. The van der Waals surface area contributed by atoms with Crippen molar-refractivity contribution >= 4 is 11.0 Å². The second kappa shape index (κ2) is 9.04. The third kappa shape index (κ3) is 4.48. The predicted octanol–water partition coefficient (Wildman–Crippen LogP) is 6.01. The fourth-order valence-corrected chi connectivity index (χ4v) is 3.56. The molecule has 0 bridgehead atoms. The van der Waals surface area contributed by atoms with Crippen LogP contribution in [0.25, 0.3) is 11.0 Å². The minimum absolute atomic E-state index is 0.442. The molecule has 0 unspecified atom stereocenters. The Balaban J connectivity index is 1.44. The highest BCUT2D eigenvalue weighted by Gasteiger charge is 2.11. The van der Waals surface area contributed by atoms with Crippen molar-refractivity contribution in [3.63, 3.8) is 0 Å². The van der Waals surface area contributed by atoms with Crippen LogP contribution in [0.3, 0.4) is 0 Å². The number of hydrogen-bond acceptors (Lipinski definition) is 3. The van der Waals surface area contributed by atoms with Gasteiger partial charge in [-0.05, 0) is 74.2 Å². The van der Waals surface area contributed by atoms with Crippen LogP contribution >= 0.6 is 0 Å². The van der Waals surface area contributed by atoms with Gasteiger partial charge in [0.05, 0.1) is 17.6 Å². The molecule has 0 radical (unpaired) electrons. The molecule has 3 aromatic carbocycles. The monoisotopic (exact) mass is 400 g/mol. The SMILES string of the molecule is Cc1ccc(OCCCn2c(COc3ccccc3C)nc3ccccc32)cc1C. The molecule has 0 N–H and O–H groups in total. The number of fused-ring (bicyclic) bond motifs is 1. The summed E-state index contributed by atoms with van der Waals surface area (Å²) in [6, 6.07) is 22.6. The Labute approximate surface area is 178 Å². The van der Waals surface area contributed by atoms with Crippen LogP contribution in [0.2, 0.25) is 0 Å². The van der Waals surface area contributed by atoms with Crippen LogP contribution in [0.4, 0.5) is 0 Å². The van der Waals surface area contributed by atoms with Gasteiger partial charge in [-0.1, -0.05) is 36.4 Å². The number of imidazole rings is 1. The fourth-order valence-electron chi connectivity index (χ4n) is 3.56. The number of rotatable bonds is 8. The summed E-state index contributed by atoms with van der Waals surface area (Å²) < 4.78 is 14.3. The highest BCUT2D eigenvalue weighted by molar-refractivity contribution is 5.75. The molecule has 154 valence electrons. The van der Waals surface area contributed by atoms with Gasteiger partial charge in [0.2, 0.25) is 0 Å². The molecule has 0 atom stereocenters. The summed E-state index contributed by atoms with van der Waals surface area (Å²) >= 11 is 0. The molecule has 0 saturated carbocycles. The van der Waals surface area contributed by atoms with Gasteiger partial charge >= 0.3 is 0 Å². The minimum atomic E-state index is 0.442. The second-order valence-electron chi connectivity index (χ2n) is 7.67. The van der Waals surface area contributed by atoms with Gasteiger partial charge in [0.25, 0.3) is 0 Å². The summed E-state index contributed by atoms with van der Waals surface area (Å²) in [6.45, 7) is 8.22. The summed E-state index contributed by atoms with van der Waals surface area (Å²) in [5, 5.41) is 0. The second-order valence-corrected chi connectivity index (χ2v) is 7.67. The van der Waals surface area contributed by atoms with Crippen molar-refractivity contribution in [3.05, 3.63) is 89.2 Å². The third-order valence-electron chi connectivity index (χ3n) is 5.46. The summed E-state index contributed by atoms with van der Waals surface area (Å²) in [6.07, 6.45) is 0.893. The first-order chi connectivity index (χ1) is 14.6. The molecule has 4 nitrogen and oxygen atoms in total. The summed E-state index contributed by atoms with van der Waals surface area (Å²) in [5.74, 6) is 2.76. The normalized spacial score (nSPS) is 11.0. The van der Waals surface area contributed by atoms with Crippen LogP contribution in [-0.4, -0.2) is 16.2 Å². The molecule has 30 heavy (non-hydrogen) atoms. The molecule has 1 heterocycles. The summed E-state index contributed by atoms with van der Waals surface area (Å²) in [7, 11) is 0. The van der Waals surface area contributed by atoms with Gasteiger partial charge in [-0.2, -0.15) is 0 Å². The highest BCUT2D eigenvalue weighted by atomic mass is 16.5. The van der Waals surface area contributed by atoms with Gasteiger partial charge in [0, 0.05) is 6.54 Å². The quantitative estimate of drug-likeness (QED) is 0.340. The van der Waals surface area contributed by atoms with E-state index in [4.69, 9.17) is 14.5 Å². The van der Waals surface area contributed by atoms with Crippen LogP contribution in [0.5, 0.6) is 11.5 Å². The lowest BCUT2D eigenvalue weighted by molar-refractivity contribution is 0.279. The van der Waals surface area contributed by atoms with Gasteiger partial charge in [0.15, 0.2) is 0 Å².